The summed E-state index contributed by atoms with van der Waals surface area (Å²) < 4.78 is 5.52. The summed E-state index contributed by atoms with van der Waals surface area (Å²) in [5, 5.41) is 6.46. The molecule has 3 rings (SSSR count). The van der Waals surface area contributed by atoms with Crippen molar-refractivity contribution in [2.75, 3.05) is 32.1 Å². The predicted octanol–water partition coefficient (Wildman–Crippen LogP) is 5.97. The molecule has 5 heteroatoms. The Balaban J connectivity index is 1.85. The number of fused-ring (bicyclic) bond motifs is 2. The van der Waals surface area contributed by atoms with Gasteiger partial charge in [-0.25, -0.2) is 4.98 Å². The van der Waals surface area contributed by atoms with E-state index in [4.69, 9.17) is 21.3 Å². The van der Waals surface area contributed by atoms with Gasteiger partial charge in [-0.05, 0) is 69.7 Å². The van der Waals surface area contributed by atoms with Crippen LogP contribution in [0.2, 0.25) is 5.02 Å². The minimum Gasteiger partial charge on any atom is -0.497 e. The van der Waals surface area contributed by atoms with E-state index in [-0.39, 0.29) is 0 Å². The van der Waals surface area contributed by atoms with Crippen molar-refractivity contribution >= 4 is 39.1 Å². The highest BCUT2D eigenvalue weighted by Crippen LogP contribution is 2.32. The summed E-state index contributed by atoms with van der Waals surface area (Å²) in [5.41, 5.74) is 2.92. The average Bonchev–Trinajstić information content (AvgIpc) is 2.69. The molecule has 0 aliphatic carbocycles. The number of hydrogen-bond acceptors (Lipinski definition) is 4. The zero-order valence-electron chi connectivity index (χ0n) is 17.3. The van der Waals surface area contributed by atoms with E-state index in [1.165, 1.54) is 6.42 Å². The zero-order chi connectivity index (χ0) is 20.1. The third-order valence-corrected chi connectivity index (χ3v) is 5.52. The summed E-state index contributed by atoms with van der Waals surface area (Å²) >= 11 is 6.15. The van der Waals surface area contributed by atoms with Gasteiger partial charge in [0.1, 0.15) is 5.75 Å². The van der Waals surface area contributed by atoms with Crippen LogP contribution in [0.4, 0.5) is 5.69 Å². The van der Waals surface area contributed by atoms with Crippen LogP contribution in [0.5, 0.6) is 5.75 Å². The Morgan fingerprint density at radius 2 is 1.89 bits per heavy atom. The molecule has 3 aromatic rings. The minimum absolute atomic E-state index is 0.355. The maximum Gasteiger partial charge on any atom is 0.121 e. The smallest absolute Gasteiger partial charge is 0.121 e. The summed E-state index contributed by atoms with van der Waals surface area (Å²) in [4.78, 5) is 7.36. The number of halogens is 1. The number of methoxy groups -OCH3 is 1. The third kappa shape index (κ3) is 4.86. The van der Waals surface area contributed by atoms with Gasteiger partial charge in [0.25, 0.3) is 0 Å². The lowest BCUT2D eigenvalue weighted by Crippen LogP contribution is -2.25. The van der Waals surface area contributed by atoms with Crippen molar-refractivity contribution in [1.82, 2.24) is 9.88 Å². The highest BCUT2D eigenvalue weighted by molar-refractivity contribution is 6.31. The van der Waals surface area contributed by atoms with E-state index in [1.54, 1.807) is 7.11 Å². The first-order valence-electron chi connectivity index (χ1n) is 10.1. The minimum atomic E-state index is 0.355. The van der Waals surface area contributed by atoms with Crippen LogP contribution in [0.3, 0.4) is 0 Å². The van der Waals surface area contributed by atoms with Gasteiger partial charge >= 0.3 is 0 Å². The Kier molecular flexibility index (Phi) is 6.97. The van der Waals surface area contributed by atoms with Crippen LogP contribution in [0.25, 0.3) is 21.8 Å². The van der Waals surface area contributed by atoms with Gasteiger partial charge in [0.15, 0.2) is 0 Å². The van der Waals surface area contributed by atoms with Crippen LogP contribution in [-0.4, -0.2) is 42.7 Å². The lowest BCUT2D eigenvalue weighted by Gasteiger charge is -2.21. The number of pyridine rings is 1. The Labute approximate surface area is 172 Å². The normalized spacial score (nSPS) is 12.6. The van der Waals surface area contributed by atoms with Crippen LogP contribution < -0.4 is 10.1 Å². The molecule has 0 bridgehead atoms. The Bertz CT molecular complexity index is 940. The Hall–Kier alpha value is -2.04. The van der Waals surface area contributed by atoms with E-state index < -0.39 is 0 Å². The molecular formula is C23H30ClN3O. The van der Waals surface area contributed by atoms with E-state index in [0.29, 0.717) is 6.04 Å². The molecule has 1 atom stereocenters. The summed E-state index contributed by atoms with van der Waals surface area (Å²) in [6, 6.07) is 12.4. The first kappa shape index (κ1) is 20.7. The fraction of sp³-hybridized carbons (Fsp3) is 0.435. The molecule has 4 nitrogen and oxygen atoms in total. The second-order valence-electron chi connectivity index (χ2n) is 7.29. The number of benzene rings is 2. The van der Waals surface area contributed by atoms with Gasteiger partial charge in [0, 0.05) is 27.9 Å². The first-order valence-corrected chi connectivity index (χ1v) is 10.5. The van der Waals surface area contributed by atoms with Crippen molar-refractivity contribution in [2.45, 2.75) is 39.7 Å². The van der Waals surface area contributed by atoms with Crippen molar-refractivity contribution in [3.05, 3.63) is 41.4 Å². The highest BCUT2D eigenvalue weighted by atomic mass is 35.5. The molecule has 0 spiro atoms. The van der Waals surface area contributed by atoms with Crippen LogP contribution in [-0.2, 0) is 0 Å². The molecule has 28 heavy (non-hydrogen) atoms. The lowest BCUT2D eigenvalue weighted by molar-refractivity contribution is 0.295. The molecule has 0 aliphatic heterocycles. The van der Waals surface area contributed by atoms with Crippen LogP contribution >= 0.6 is 11.6 Å². The van der Waals surface area contributed by atoms with E-state index in [2.05, 4.69) is 37.1 Å². The molecule has 0 aliphatic rings. The fourth-order valence-corrected chi connectivity index (χ4v) is 3.80. The van der Waals surface area contributed by atoms with Crippen LogP contribution in [0, 0.1) is 0 Å². The van der Waals surface area contributed by atoms with Crippen molar-refractivity contribution < 1.29 is 4.74 Å². The van der Waals surface area contributed by atoms with Gasteiger partial charge in [-0.2, -0.15) is 0 Å². The van der Waals surface area contributed by atoms with Crippen LogP contribution in [0.15, 0.2) is 36.4 Å². The lowest BCUT2D eigenvalue weighted by atomic mass is 10.1. The second kappa shape index (κ2) is 9.44. The molecule has 150 valence electrons. The molecule has 1 heterocycles. The molecule has 1 N–H and O–H groups in total. The standard InChI is InChI=1S/C23H30ClN3O/c1-5-27(6-2)11-7-8-16(3)25-22-15-20(28-4)14-18-12-17-13-19(24)9-10-21(17)26-23(18)22/h9-10,12-16,25H,5-8,11H2,1-4H3. The monoisotopic (exact) mass is 399 g/mol. The van der Waals surface area contributed by atoms with Gasteiger partial charge in [-0.15, -0.1) is 0 Å². The molecular weight excluding hydrogens is 370 g/mol. The summed E-state index contributed by atoms with van der Waals surface area (Å²) in [6.07, 6.45) is 2.28. The number of aromatic nitrogens is 1. The summed E-state index contributed by atoms with van der Waals surface area (Å²) in [6.45, 7) is 10.0. The molecule has 0 saturated carbocycles. The van der Waals surface area contributed by atoms with E-state index in [9.17, 15) is 0 Å². The second-order valence-corrected chi connectivity index (χ2v) is 7.72. The van der Waals surface area contributed by atoms with Crippen molar-refractivity contribution in [3.8, 4) is 5.75 Å². The van der Waals surface area contributed by atoms with Crippen molar-refractivity contribution in [3.63, 3.8) is 0 Å². The molecule has 0 fully saturated rings. The van der Waals surface area contributed by atoms with Crippen molar-refractivity contribution in [2.24, 2.45) is 0 Å². The fourth-order valence-electron chi connectivity index (χ4n) is 3.62. The van der Waals surface area contributed by atoms with E-state index >= 15 is 0 Å². The SMILES string of the molecule is CCN(CC)CCCC(C)Nc1cc(OC)cc2cc3cc(Cl)ccc3nc12. The molecule has 2 aromatic carbocycles. The van der Waals surface area contributed by atoms with Crippen molar-refractivity contribution in [1.29, 1.82) is 0 Å². The van der Waals surface area contributed by atoms with Crippen LogP contribution in [0.1, 0.15) is 33.6 Å². The summed E-state index contributed by atoms with van der Waals surface area (Å²) in [7, 11) is 1.70. The number of nitrogens with zero attached hydrogens (tertiary/aromatic N) is 2. The van der Waals surface area contributed by atoms with Gasteiger partial charge in [-0.3, -0.25) is 0 Å². The number of hydrogen-bond donors (Lipinski definition) is 1. The topological polar surface area (TPSA) is 37.4 Å². The number of rotatable bonds is 9. The maximum absolute atomic E-state index is 6.15. The predicted molar refractivity (Wildman–Crippen MR) is 121 cm³/mol. The molecule has 0 radical (unpaired) electrons. The third-order valence-electron chi connectivity index (χ3n) is 5.29. The Morgan fingerprint density at radius 3 is 2.61 bits per heavy atom. The molecule has 0 saturated heterocycles. The van der Waals surface area contributed by atoms with Gasteiger partial charge < -0.3 is 15.0 Å². The quantitative estimate of drug-likeness (QED) is 0.449. The zero-order valence-corrected chi connectivity index (χ0v) is 18.0. The number of anilines is 1. The van der Waals surface area contributed by atoms with Gasteiger partial charge in [-0.1, -0.05) is 25.4 Å². The molecule has 1 aromatic heterocycles. The first-order chi connectivity index (χ1) is 13.5. The molecule has 0 amide bonds. The largest absolute Gasteiger partial charge is 0.497 e. The Morgan fingerprint density at radius 1 is 1.11 bits per heavy atom. The number of nitrogens with one attached hydrogen (secondary N) is 1. The van der Waals surface area contributed by atoms with Gasteiger partial charge in [0.2, 0.25) is 0 Å². The maximum atomic E-state index is 6.15. The van der Waals surface area contributed by atoms with Gasteiger partial charge in [0.05, 0.1) is 23.8 Å². The highest BCUT2D eigenvalue weighted by Gasteiger charge is 2.11. The van der Waals surface area contributed by atoms with E-state index in [0.717, 1.165) is 64.3 Å². The van der Waals surface area contributed by atoms with E-state index in [1.807, 2.05) is 30.3 Å². The number of ether oxygens (including phenoxy) is 1. The average molecular weight is 400 g/mol. The molecule has 1 unspecified atom stereocenters. The summed E-state index contributed by atoms with van der Waals surface area (Å²) in [5.74, 6) is 0.827.